The van der Waals surface area contributed by atoms with E-state index in [0.717, 1.165) is 5.56 Å². The smallest absolute Gasteiger partial charge is 0.240 e. The van der Waals surface area contributed by atoms with Crippen molar-refractivity contribution >= 4 is 18.3 Å². The monoisotopic (exact) mass is 302 g/mol. The number of carbonyl (C=O) groups excluding carboxylic acids is 1. The number of aryl methyl sites for hydroxylation is 1. The molecule has 0 saturated carbocycles. The SMILES string of the molecule is Cc1ccc(C(C)NC(=O)C2COCCN2)cc1F.Cl. The van der Waals surface area contributed by atoms with Crippen molar-refractivity contribution in [3.8, 4) is 0 Å². The van der Waals surface area contributed by atoms with Gasteiger partial charge in [-0.3, -0.25) is 4.79 Å². The molecule has 20 heavy (non-hydrogen) atoms. The molecular weight excluding hydrogens is 283 g/mol. The first-order valence-electron chi connectivity index (χ1n) is 6.45. The van der Waals surface area contributed by atoms with Crippen LogP contribution in [0.2, 0.25) is 0 Å². The summed E-state index contributed by atoms with van der Waals surface area (Å²) in [5.41, 5.74) is 1.36. The van der Waals surface area contributed by atoms with E-state index < -0.39 is 0 Å². The normalized spacial score (nSPS) is 19.9. The van der Waals surface area contributed by atoms with Gasteiger partial charge in [-0.05, 0) is 31.0 Å². The molecule has 112 valence electrons. The van der Waals surface area contributed by atoms with Gasteiger partial charge in [0.1, 0.15) is 11.9 Å². The van der Waals surface area contributed by atoms with Crippen molar-refractivity contribution in [2.45, 2.75) is 25.9 Å². The van der Waals surface area contributed by atoms with E-state index in [-0.39, 0.29) is 36.2 Å². The molecule has 1 aliphatic heterocycles. The molecule has 6 heteroatoms. The van der Waals surface area contributed by atoms with Gasteiger partial charge < -0.3 is 15.4 Å². The van der Waals surface area contributed by atoms with E-state index >= 15 is 0 Å². The number of carbonyl (C=O) groups is 1. The van der Waals surface area contributed by atoms with Crippen LogP contribution in [-0.2, 0) is 9.53 Å². The molecule has 2 N–H and O–H groups in total. The summed E-state index contributed by atoms with van der Waals surface area (Å²) < 4.78 is 18.7. The summed E-state index contributed by atoms with van der Waals surface area (Å²) in [6.07, 6.45) is 0. The Balaban J connectivity index is 0.00000200. The third-order valence-corrected chi connectivity index (χ3v) is 3.29. The highest BCUT2D eigenvalue weighted by atomic mass is 35.5. The summed E-state index contributed by atoms with van der Waals surface area (Å²) in [5.74, 6) is -0.370. The Labute approximate surface area is 124 Å². The predicted molar refractivity (Wildman–Crippen MR) is 77.6 cm³/mol. The van der Waals surface area contributed by atoms with Crippen molar-refractivity contribution in [2.75, 3.05) is 19.8 Å². The number of halogens is 2. The lowest BCUT2D eigenvalue weighted by Crippen LogP contribution is -2.51. The Bertz CT molecular complexity index is 464. The van der Waals surface area contributed by atoms with Crippen LogP contribution in [0.3, 0.4) is 0 Å². The fourth-order valence-corrected chi connectivity index (χ4v) is 2.01. The van der Waals surface area contributed by atoms with Crippen LogP contribution < -0.4 is 10.6 Å². The Morgan fingerprint density at radius 1 is 1.55 bits per heavy atom. The van der Waals surface area contributed by atoms with Crippen molar-refractivity contribution in [1.82, 2.24) is 10.6 Å². The molecule has 0 radical (unpaired) electrons. The Morgan fingerprint density at radius 3 is 2.90 bits per heavy atom. The number of morpholine rings is 1. The van der Waals surface area contributed by atoms with Crippen LogP contribution in [0.25, 0.3) is 0 Å². The van der Waals surface area contributed by atoms with Gasteiger partial charge in [-0.1, -0.05) is 12.1 Å². The van der Waals surface area contributed by atoms with E-state index in [1.54, 1.807) is 13.0 Å². The Kier molecular flexibility index (Phi) is 6.39. The van der Waals surface area contributed by atoms with Crippen LogP contribution in [0.5, 0.6) is 0 Å². The number of rotatable bonds is 3. The molecule has 2 unspecified atom stereocenters. The first-order chi connectivity index (χ1) is 9.08. The lowest BCUT2D eigenvalue weighted by Gasteiger charge is -2.25. The summed E-state index contributed by atoms with van der Waals surface area (Å²) in [6, 6.07) is 4.45. The van der Waals surface area contributed by atoms with Crippen molar-refractivity contribution in [3.05, 3.63) is 35.1 Å². The number of ether oxygens (including phenoxy) is 1. The molecule has 1 fully saturated rings. The summed E-state index contributed by atoms with van der Waals surface area (Å²) in [5, 5.41) is 5.95. The van der Waals surface area contributed by atoms with Gasteiger partial charge in [0, 0.05) is 6.54 Å². The zero-order chi connectivity index (χ0) is 13.8. The van der Waals surface area contributed by atoms with Gasteiger partial charge in [0.05, 0.1) is 19.3 Å². The van der Waals surface area contributed by atoms with Crippen LogP contribution in [0.15, 0.2) is 18.2 Å². The van der Waals surface area contributed by atoms with Gasteiger partial charge in [-0.15, -0.1) is 12.4 Å². The van der Waals surface area contributed by atoms with E-state index in [9.17, 15) is 9.18 Å². The second-order valence-electron chi connectivity index (χ2n) is 4.82. The van der Waals surface area contributed by atoms with Crippen molar-refractivity contribution in [2.24, 2.45) is 0 Å². The highest BCUT2D eigenvalue weighted by Crippen LogP contribution is 2.16. The van der Waals surface area contributed by atoms with Crippen molar-refractivity contribution in [3.63, 3.8) is 0 Å². The van der Waals surface area contributed by atoms with Gasteiger partial charge in [0.25, 0.3) is 0 Å². The maximum Gasteiger partial charge on any atom is 0.240 e. The molecule has 2 atom stereocenters. The number of hydrogen-bond acceptors (Lipinski definition) is 3. The first kappa shape index (κ1) is 16.9. The van der Waals surface area contributed by atoms with Gasteiger partial charge in [0.15, 0.2) is 0 Å². The lowest BCUT2D eigenvalue weighted by atomic mass is 10.1. The van der Waals surface area contributed by atoms with E-state index in [4.69, 9.17) is 4.74 Å². The quantitative estimate of drug-likeness (QED) is 0.894. The minimum atomic E-state index is -0.327. The van der Waals surface area contributed by atoms with Crippen LogP contribution in [0, 0.1) is 12.7 Å². The number of benzene rings is 1. The van der Waals surface area contributed by atoms with Crippen LogP contribution in [0.1, 0.15) is 24.1 Å². The largest absolute Gasteiger partial charge is 0.378 e. The third kappa shape index (κ3) is 4.16. The molecule has 1 aliphatic rings. The minimum absolute atomic E-state index is 0. The number of hydrogen-bond donors (Lipinski definition) is 2. The molecule has 1 saturated heterocycles. The average Bonchev–Trinajstić information content (AvgIpc) is 2.42. The zero-order valence-corrected chi connectivity index (χ0v) is 12.4. The topological polar surface area (TPSA) is 50.4 Å². The maximum absolute atomic E-state index is 13.5. The second kappa shape index (κ2) is 7.57. The first-order valence-corrected chi connectivity index (χ1v) is 6.45. The Hall–Kier alpha value is -1.17. The lowest BCUT2D eigenvalue weighted by molar-refractivity contribution is -0.126. The molecule has 2 rings (SSSR count). The summed E-state index contributed by atoms with van der Waals surface area (Å²) in [4.78, 5) is 12.0. The molecular formula is C14H20ClFN2O2. The van der Waals surface area contributed by atoms with Gasteiger partial charge in [-0.25, -0.2) is 4.39 Å². The molecule has 0 bridgehead atoms. The van der Waals surface area contributed by atoms with Crippen molar-refractivity contribution < 1.29 is 13.9 Å². The van der Waals surface area contributed by atoms with Gasteiger partial charge in [-0.2, -0.15) is 0 Å². The number of amides is 1. The maximum atomic E-state index is 13.5. The van der Waals surface area contributed by atoms with Crippen LogP contribution in [-0.4, -0.2) is 31.7 Å². The molecule has 1 aromatic rings. The van der Waals surface area contributed by atoms with Crippen LogP contribution >= 0.6 is 12.4 Å². The molecule has 1 heterocycles. The van der Waals surface area contributed by atoms with Gasteiger partial charge >= 0.3 is 0 Å². The summed E-state index contributed by atoms with van der Waals surface area (Å²) in [7, 11) is 0. The molecule has 0 aliphatic carbocycles. The molecule has 0 aromatic heterocycles. The van der Waals surface area contributed by atoms with Crippen LogP contribution in [0.4, 0.5) is 4.39 Å². The molecule has 4 nitrogen and oxygen atoms in total. The predicted octanol–water partition coefficient (Wildman–Crippen LogP) is 1.72. The average molecular weight is 303 g/mol. The fraction of sp³-hybridized carbons (Fsp3) is 0.500. The van der Waals surface area contributed by atoms with E-state index in [1.165, 1.54) is 6.07 Å². The van der Waals surface area contributed by atoms with Gasteiger partial charge in [0.2, 0.25) is 5.91 Å². The molecule has 1 aromatic carbocycles. The highest BCUT2D eigenvalue weighted by Gasteiger charge is 2.22. The minimum Gasteiger partial charge on any atom is -0.378 e. The summed E-state index contributed by atoms with van der Waals surface area (Å²) in [6.45, 7) is 5.23. The van der Waals surface area contributed by atoms with E-state index in [1.807, 2.05) is 13.0 Å². The second-order valence-corrected chi connectivity index (χ2v) is 4.82. The Morgan fingerprint density at radius 2 is 2.30 bits per heavy atom. The fourth-order valence-electron chi connectivity index (χ4n) is 2.01. The standard InChI is InChI=1S/C14H19FN2O2.ClH/c1-9-3-4-11(7-12(9)15)10(2)17-14(18)13-8-19-6-5-16-13;/h3-4,7,10,13,16H,5-6,8H2,1-2H3,(H,17,18);1H. The third-order valence-electron chi connectivity index (χ3n) is 3.29. The summed E-state index contributed by atoms with van der Waals surface area (Å²) >= 11 is 0. The van der Waals surface area contributed by atoms with E-state index in [0.29, 0.717) is 25.3 Å². The number of nitrogens with one attached hydrogen (secondary N) is 2. The van der Waals surface area contributed by atoms with E-state index in [2.05, 4.69) is 10.6 Å². The molecule has 1 amide bonds. The zero-order valence-electron chi connectivity index (χ0n) is 11.6. The highest BCUT2D eigenvalue weighted by molar-refractivity contribution is 5.85. The molecule has 0 spiro atoms. The van der Waals surface area contributed by atoms with Crippen molar-refractivity contribution in [1.29, 1.82) is 0 Å².